The summed E-state index contributed by atoms with van der Waals surface area (Å²) in [6.07, 6.45) is 0.796. The average molecular weight is 396 g/mol. The summed E-state index contributed by atoms with van der Waals surface area (Å²) in [7, 11) is 0. The SMILES string of the molecule is Cc1ccc(-c2ccc(=O)n(CCCC(=O)Nc3ccc(C)c(Cl)c3)n2)cc1. The fourth-order valence-electron chi connectivity index (χ4n) is 2.77. The first-order valence-electron chi connectivity index (χ1n) is 9.13. The van der Waals surface area contributed by atoms with E-state index in [1.54, 1.807) is 12.1 Å². The van der Waals surface area contributed by atoms with E-state index in [1.165, 1.54) is 10.7 Å². The summed E-state index contributed by atoms with van der Waals surface area (Å²) in [6, 6.07) is 16.6. The number of benzene rings is 2. The number of nitrogens with one attached hydrogen (secondary N) is 1. The van der Waals surface area contributed by atoms with Gasteiger partial charge in [0.1, 0.15) is 0 Å². The zero-order valence-electron chi connectivity index (χ0n) is 15.9. The van der Waals surface area contributed by atoms with Gasteiger partial charge in [0.05, 0.1) is 5.69 Å². The Balaban J connectivity index is 1.60. The Morgan fingerprint density at radius 2 is 1.82 bits per heavy atom. The van der Waals surface area contributed by atoms with Crippen molar-refractivity contribution in [3.05, 3.63) is 81.1 Å². The van der Waals surface area contributed by atoms with E-state index in [0.29, 0.717) is 23.7 Å². The van der Waals surface area contributed by atoms with Crippen molar-refractivity contribution in [1.29, 1.82) is 0 Å². The van der Waals surface area contributed by atoms with Crippen molar-refractivity contribution in [2.24, 2.45) is 0 Å². The molecular formula is C22H22ClN3O2. The zero-order valence-corrected chi connectivity index (χ0v) is 16.7. The van der Waals surface area contributed by atoms with Crippen LogP contribution >= 0.6 is 11.6 Å². The molecule has 3 aromatic rings. The first-order valence-corrected chi connectivity index (χ1v) is 9.51. The third-order valence-electron chi connectivity index (χ3n) is 4.44. The van der Waals surface area contributed by atoms with Crippen LogP contribution in [-0.4, -0.2) is 15.7 Å². The Labute approximate surface area is 169 Å². The lowest BCUT2D eigenvalue weighted by molar-refractivity contribution is -0.116. The molecule has 1 N–H and O–H groups in total. The lowest BCUT2D eigenvalue weighted by Gasteiger charge is -2.09. The van der Waals surface area contributed by atoms with Crippen LogP contribution < -0.4 is 10.9 Å². The van der Waals surface area contributed by atoms with Crippen LogP contribution in [-0.2, 0) is 11.3 Å². The van der Waals surface area contributed by atoms with E-state index in [9.17, 15) is 9.59 Å². The third kappa shape index (κ3) is 5.08. The Hall–Kier alpha value is -2.92. The Morgan fingerprint density at radius 1 is 1.07 bits per heavy atom. The van der Waals surface area contributed by atoms with Gasteiger partial charge in [-0.2, -0.15) is 5.10 Å². The third-order valence-corrected chi connectivity index (χ3v) is 4.85. The summed E-state index contributed by atoms with van der Waals surface area (Å²) in [6.45, 7) is 4.30. The van der Waals surface area contributed by atoms with E-state index < -0.39 is 0 Å². The maximum atomic E-state index is 12.1. The number of carbonyl (C=O) groups is 1. The molecule has 5 nitrogen and oxygen atoms in total. The number of amides is 1. The molecule has 0 bridgehead atoms. The van der Waals surface area contributed by atoms with E-state index in [-0.39, 0.29) is 17.9 Å². The van der Waals surface area contributed by atoms with Gasteiger partial charge in [-0.3, -0.25) is 9.59 Å². The summed E-state index contributed by atoms with van der Waals surface area (Å²) in [4.78, 5) is 24.2. The summed E-state index contributed by atoms with van der Waals surface area (Å²) < 4.78 is 1.41. The van der Waals surface area contributed by atoms with Gasteiger partial charge in [0.2, 0.25) is 5.91 Å². The molecule has 0 fully saturated rings. The molecule has 28 heavy (non-hydrogen) atoms. The predicted octanol–water partition coefficient (Wildman–Crippen LogP) is 4.60. The summed E-state index contributed by atoms with van der Waals surface area (Å²) in [5, 5.41) is 7.86. The molecule has 0 aliphatic heterocycles. The minimum Gasteiger partial charge on any atom is -0.326 e. The van der Waals surface area contributed by atoms with E-state index in [0.717, 1.165) is 22.4 Å². The Bertz CT molecular complexity index is 1040. The number of nitrogens with zero attached hydrogens (tertiary/aromatic N) is 2. The number of aromatic nitrogens is 2. The molecule has 144 valence electrons. The van der Waals surface area contributed by atoms with Crippen molar-refractivity contribution < 1.29 is 4.79 Å². The molecule has 0 saturated heterocycles. The van der Waals surface area contributed by atoms with Crippen molar-refractivity contribution >= 4 is 23.2 Å². The maximum Gasteiger partial charge on any atom is 0.266 e. The number of hydrogen-bond donors (Lipinski definition) is 1. The van der Waals surface area contributed by atoms with Gasteiger partial charge in [0.25, 0.3) is 5.56 Å². The minimum atomic E-state index is -0.179. The number of anilines is 1. The van der Waals surface area contributed by atoms with Crippen LogP contribution in [0, 0.1) is 13.8 Å². The highest BCUT2D eigenvalue weighted by Crippen LogP contribution is 2.20. The van der Waals surface area contributed by atoms with Crippen molar-refractivity contribution in [3.63, 3.8) is 0 Å². The molecule has 6 heteroatoms. The molecule has 0 unspecified atom stereocenters. The topological polar surface area (TPSA) is 64.0 Å². The van der Waals surface area contributed by atoms with Crippen LogP contribution in [0.2, 0.25) is 5.02 Å². The summed E-state index contributed by atoms with van der Waals surface area (Å²) in [5.41, 5.74) is 4.29. The van der Waals surface area contributed by atoms with Gasteiger partial charge in [-0.05, 0) is 44.0 Å². The molecule has 1 amide bonds. The Morgan fingerprint density at radius 3 is 2.54 bits per heavy atom. The molecule has 3 rings (SSSR count). The quantitative estimate of drug-likeness (QED) is 0.663. The number of hydrogen-bond acceptors (Lipinski definition) is 3. The molecule has 0 aliphatic rings. The highest BCUT2D eigenvalue weighted by atomic mass is 35.5. The predicted molar refractivity (Wildman–Crippen MR) is 113 cm³/mol. The van der Waals surface area contributed by atoms with Crippen molar-refractivity contribution in [2.75, 3.05) is 5.32 Å². The average Bonchev–Trinajstić information content (AvgIpc) is 2.67. The van der Waals surface area contributed by atoms with Crippen LogP contribution in [0.3, 0.4) is 0 Å². The minimum absolute atomic E-state index is 0.123. The Kier molecular flexibility index (Phi) is 6.26. The number of rotatable bonds is 6. The standard InChI is InChI=1S/C22H22ClN3O2/c1-15-5-8-17(9-6-15)20-11-12-22(28)26(25-20)13-3-4-21(27)24-18-10-7-16(2)19(23)14-18/h5-12,14H,3-4,13H2,1-2H3,(H,24,27). The first-order chi connectivity index (χ1) is 13.4. The zero-order chi connectivity index (χ0) is 20.1. The first kappa shape index (κ1) is 19.8. The lowest BCUT2D eigenvalue weighted by atomic mass is 10.1. The van der Waals surface area contributed by atoms with Crippen LogP contribution in [0.25, 0.3) is 11.3 Å². The number of halogens is 1. The molecular weight excluding hydrogens is 374 g/mol. The lowest BCUT2D eigenvalue weighted by Crippen LogP contribution is -2.23. The molecule has 1 heterocycles. The molecule has 0 atom stereocenters. The van der Waals surface area contributed by atoms with Crippen LogP contribution in [0.4, 0.5) is 5.69 Å². The molecule has 0 saturated carbocycles. The van der Waals surface area contributed by atoms with Crippen LogP contribution in [0.5, 0.6) is 0 Å². The summed E-state index contributed by atoms with van der Waals surface area (Å²) in [5.74, 6) is -0.123. The normalized spacial score (nSPS) is 10.7. The van der Waals surface area contributed by atoms with Crippen LogP contribution in [0.15, 0.2) is 59.4 Å². The van der Waals surface area contributed by atoms with Gasteiger partial charge in [-0.15, -0.1) is 0 Å². The van der Waals surface area contributed by atoms with Crippen LogP contribution in [0.1, 0.15) is 24.0 Å². The second-order valence-electron chi connectivity index (χ2n) is 6.76. The van der Waals surface area contributed by atoms with E-state index in [1.807, 2.05) is 50.2 Å². The number of aryl methyl sites for hydroxylation is 3. The van der Waals surface area contributed by atoms with Crippen molar-refractivity contribution in [3.8, 4) is 11.3 Å². The van der Waals surface area contributed by atoms with E-state index >= 15 is 0 Å². The fourth-order valence-corrected chi connectivity index (χ4v) is 2.95. The molecule has 1 aromatic heterocycles. The molecule has 2 aromatic carbocycles. The van der Waals surface area contributed by atoms with Gasteiger partial charge in [-0.1, -0.05) is 47.5 Å². The smallest absolute Gasteiger partial charge is 0.266 e. The maximum absolute atomic E-state index is 12.1. The van der Waals surface area contributed by atoms with Gasteiger partial charge in [0, 0.05) is 35.3 Å². The molecule has 0 aliphatic carbocycles. The monoisotopic (exact) mass is 395 g/mol. The second-order valence-corrected chi connectivity index (χ2v) is 7.17. The van der Waals surface area contributed by atoms with E-state index in [2.05, 4.69) is 10.4 Å². The largest absolute Gasteiger partial charge is 0.326 e. The van der Waals surface area contributed by atoms with Gasteiger partial charge in [0.15, 0.2) is 0 Å². The van der Waals surface area contributed by atoms with Gasteiger partial charge >= 0.3 is 0 Å². The fraction of sp³-hybridized carbons (Fsp3) is 0.227. The summed E-state index contributed by atoms with van der Waals surface area (Å²) >= 11 is 6.08. The second kappa shape index (κ2) is 8.85. The highest BCUT2D eigenvalue weighted by Gasteiger charge is 2.07. The van der Waals surface area contributed by atoms with Gasteiger partial charge < -0.3 is 5.32 Å². The van der Waals surface area contributed by atoms with Crippen molar-refractivity contribution in [2.45, 2.75) is 33.2 Å². The van der Waals surface area contributed by atoms with E-state index in [4.69, 9.17) is 11.6 Å². The molecule has 0 spiro atoms. The van der Waals surface area contributed by atoms with Gasteiger partial charge in [-0.25, -0.2) is 4.68 Å². The van der Waals surface area contributed by atoms with Crippen molar-refractivity contribution in [1.82, 2.24) is 9.78 Å². The highest BCUT2D eigenvalue weighted by molar-refractivity contribution is 6.31. The number of carbonyl (C=O) groups excluding carboxylic acids is 1. The molecule has 0 radical (unpaired) electrons.